The summed E-state index contributed by atoms with van der Waals surface area (Å²) in [6.45, 7) is 2.96. The number of hydrogen-bond donors (Lipinski definition) is 2. The summed E-state index contributed by atoms with van der Waals surface area (Å²) in [5.74, 6) is -0.924. The number of hydrogen-bond acceptors (Lipinski definition) is 10. The molecule has 0 saturated carbocycles. The number of azide groups is 1. The zero-order valence-corrected chi connectivity index (χ0v) is 38.3. The Labute approximate surface area is 365 Å². The molecular formula is C45H89N4O10P. The van der Waals surface area contributed by atoms with Gasteiger partial charge < -0.3 is 24.4 Å². The normalized spacial score (nSPS) is 12.4. The number of carbonyl (C=O) groups is 3. The molecule has 354 valence electrons. The van der Waals surface area contributed by atoms with Crippen molar-refractivity contribution < 1.29 is 47.1 Å². The molecule has 60 heavy (non-hydrogen) atoms. The average Bonchev–Trinajstić information content (AvgIpc) is 3.22. The lowest BCUT2D eigenvalue weighted by Crippen LogP contribution is -2.30. The summed E-state index contributed by atoms with van der Waals surface area (Å²) in [5.41, 5.74) is 8.25. The molecule has 2 N–H and O–H groups in total. The first-order valence-electron chi connectivity index (χ1n) is 23.6. The van der Waals surface area contributed by atoms with E-state index in [2.05, 4.69) is 29.2 Å². The van der Waals surface area contributed by atoms with Crippen LogP contribution in [0, 0.1) is 0 Å². The van der Waals surface area contributed by atoms with Crippen LogP contribution in [0.2, 0.25) is 0 Å². The lowest BCUT2D eigenvalue weighted by molar-refractivity contribution is -0.161. The molecule has 0 aliphatic rings. The summed E-state index contributed by atoms with van der Waals surface area (Å²) < 4.78 is 38.2. The molecular weight excluding hydrogens is 787 g/mol. The van der Waals surface area contributed by atoms with E-state index in [0.29, 0.717) is 12.8 Å². The molecule has 2 unspecified atom stereocenters. The number of nitrogens with zero attached hydrogens (tertiary/aromatic N) is 3. The number of alkyl carbamates (subject to hydrolysis) is 1. The van der Waals surface area contributed by atoms with E-state index < -0.39 is 38.6 Å². The minimum Gasteiger partial charge on any atom is -0.462 e. The first kappa shape index (κ1) is 59.7. The minimum atomic E-state index is -4.61. The van der Waals surface area contributed by atoms with Crippen LogP contribution in [-0.2, 0) is 37.4 Å². The van der Waals surface area contributed by atoms with Gasteiger partial charge >= 0.3 is 25.9 Å². The second kappa shape index (κ2) is 46.1. The fourth-order valence-corrected chi connectivity index (χ4v) is 7.46. The zero-order chi connectivity index (χ0) is 43.3. The van der Waals surface area contributed by atoms with E-state index in [1.807, 2.05) is 0 Å². The van der Waals surface area contributed by atoms with Gasteiger partial charge in [0.15, 0.2) is 6.10 Å². The van der Waals surface area contributed by atoms with E-state index >= 15 is 0 Å². The summed E-state index contributed by atoms with van der Waals surface area (Å²) in [5, 5.41) is 5.56. The van der Waals surface area contributed by atoms with Crippen LogP contribution in [-0.4, -0.2) is 68.5 Å². The fourth-order valence-electron chi connectivity index (χ4n) is 6.70. The van der Waals surface area contributed by atoms with Gasteiger partial charge in [0.1, 0.15) is 6.61 Å². The van der Waals surface area contributed by atoms with Gasteiger partial charge in [-0.15, -0.1) is 0 Å². The quantitative estimate of drug-likeness (QED) is 0.0113. The Morgan fingerprint density at radius 1 is 0.583 bits per heavy atom. The number of phosphoric acid groups is 1. The van der Waals surface area contributed by atoms with E-state index in [-0.39, 0.29) is 53.2 Å². The van der Waals surface area contributed by atoms with Crippen LogP contribution >= 0.6 is 7.82 Å². The SMILES string of the molecule is C.CCCCCCCCCCCCCCCCCC(=O)OCC(COP(=O)(O)OCCNC(=O)OCCN=[N+]=[N-])OC(=O)CCCCCCCCCCCCCCCCC. The molecule has 0 heterocycles. The van der Waals surface area contributed by atoms with Crippen molar-refractivity contribution >= 4 is 25.9 Å². The van der Waals surface area contributed by atoms with E-state index in [1.54, 1.807) is 0 Å². The van der Waals surface area contributed by atoms with Gasteiger partial charge in [0.05, 0.1) is 26.4 Å². The number of phosphoric ester groups is 1. The van der Waals surface area contributed by atoms with Crippen molar-refractivity contribution in [3.63, 3.8) is 0 Å². The molecule has 0 fully saturated rings. The van der Waals surface area contributed by atoms with Crippen LogP contribution in [0.5, 0.6) is 0 Å². The second-order valence-corrected chi connectivity index (χ2v) is 17.3. The van der Waals surface area contributed by atoms with Crippen LogP contribution in [0.25, 0.3) is 10.4 Å². The highest BCUT2D eigenvalue weighted by Gasteiger charge is 2.26. The van der Waals surface area contributed by atoms with Gasteiger partial charge in [-0.1, -0.05) is 206 Å². The number of carbonyl (C=O) groups excluding carboxylic acids is 3. The Kier molecular flexibility index (Phi) is 45.9. The van der Waals surface area contributed by atoms with Gasteiger partial charge in [-0.3, -0.25) is 18.6 Å². The number of unbranched alkanes of at least 4 members (excludes halogenated alkanes) is 28. The highest BCUT2D eigenvalue weighted by Crippen LogP contribution is 2.43. The summed E-state index contributed by atoms with van der Waals surface area (Å²) in [4.78, 5) is 49.6. The summed E-state index contributed by atoms with van der Waals surface area (Å²) in [7, 11) is -4.61. The first-order valence-corrected chi connectivity index (χ1v) is 25.1. The molecule has 0 aliphatic carbocycles. The Balaban J connectivity index is 0. The molecule has 1 amide bonds. The van der Waals surface area contributed by atoms with Gasteiger partial charge in [0.2, 0.25) is 0 Å². The van der Waals surface area contributed by atoms with Crippen molar-refractivity contribution in [1.29, 1.82) is 0 Å². The van der Waals surface area contributed by atoms with E-state index in [1.165, 1.54) is 141 Å². The topological polar surface area (TPSA) is 195 Å². The van der Waals surface area contributed by atoms with E-state index in [9.17, 15) is 23.8 Å². The Morgan fingerprint density at radius 3 is 1.40 bits per heavy atom. The Morgan fingerprint density at radius 2 is 0.983 bits per heavy atom. The molecule has 0 radical (unpaired) electrons. The molecule has 0 aromatic carbocycles. The second-order valence-electron chi connectivity index (χ2n) is 15.8. The standard InChI is InChI=1S/C44H85N4O10P.CH4/c1-3-5-7-9-11-13-15-17-19-21-23-25-27-29-31-33-42(49)55-39-41(40-57-59(52,53)56-38-35-46-44(51)54-37-36-47-48-45)58-43(50)34-32-30-28-26-24-22-20-18-16-14-12-10-8-6-4-2;/h41H,3-40H2,1-2H3,(H,46,51)(H,52,53);1H4. The zero-order valence-electron chi connectivity index (χ0n) is 37.4. The van der Waals surface area contributed by atoms with Crippen LogP contribution in [0.3, 0.4) is 0 Å². The molecule has 0 aliphatic heterocycles. The molecule has 14 nitrogen and oxygen atoms in total. The predicted octanol–water partition coefficient (Wildman–Crippen LogP) is 13.8. The van der Waals surface area contributed by atoms with E-state index in [4.69, 9.17) is 28.8 Å². The van der Waals surface area contributed by atoms with Crippen molar-refractivity contribution in [3.8, 4) is 0 Å². The average molecular weight is 877 g/mol. The predicted molar refractivity (Wildman–Crippen MR) is 242 cm³/mol. The van der Waals surface area contributed by atoms with Gasteiger partial charge in [-0.25, -0.2) is 9.36 Å². The van der Waals surface area contributed by atoms with Crippen LogP contribution < -0.4 is 5.32 Å². The lowest BCUT2D eigenvalue weighted by atomic mass is 10.0. The smallest absolute Gasteiger partial charge is 0.462 e. The number of nitrogens with one attached hydrogen (secondary N) is 1. The summed E-state index contributed by atoms with van der Waals surface area (Å²) in [6.07, 6.45) is 35.1. The van der Waals surface area contributed by atoms with Crippen LogP contribution in [0.15, 0.2) is 5.11 Å². The van der Waals surface area contributed by atoms with Gasteiger partial charge in [0.25, 0.3) is 0 Å². The minimum absolute atomic E-state index is 0. The molecule has 2 atom stereocenters. The first-order chi connectivity index (χ1) is 28.7. The molecule has 0 aromatic rings. The van der Waals surface area contributed by atoms with Crippen molar-refractivity contribution in [2.75, 3.05) is 39.5 Å². The maximum absolute atomic E-state index is 12.7. The lowest BCUT2D eigenvalue weighted by Gasteiger charge is -2.20. The van der Waals surface area contributed by atoms with Crippen LogP contribution in [0.4, 0.5) is 4.79 Å². The monoisotopic (exact) mass is 877 g/mol. The number of rotatable bonds is 45. The Bertz CT molecular complexity index is 1100. The van der Waals surface area contributed by atoms with Crippen molar-refractivity contribution in [2.45, 2.75) is 233 Å². The number of esters is 2. The van der Waals surface area contributed by atoms with Crippen molar-refractivity contribution in [1.82, 2.24) is 5.32 Å². The molecule has 0 rings (SSSR count). The summed E-state index contributed by atoms with van der Waals surface area (Å²) >= 11 is 0. The van der Waals surface area contributed by atoms with Gasteiger partial charge in [-0.2, -0.15) is 0 Å². The van der Waals surface area contributed by atoms with Crippen molar-refractivity contribution in [2.24, 2.45) is 5.11 Å². The summed E-state index contributed by atoms with van der Waals surface area (Å²) in [6, 6.07) is 0. The molecule has 0 aromatic heterocycles. The highest BCUT2D eigenvalue weighted by atomic mass is 31.2. The number of amides is 1. The largest absolute Gasteiger partial charge is 0.472 e. The van der Waals surface area contributed by atoms with Crippen LogP contribution in [0.1, 0.15) is 227 Å². The number of ether oxygens (including phenoxy) is 3. The van der Waals surface area contributed by atoms with Gasteiger partial charge in [0, 0.05) is 24.3 Å². The highest BCUT2D eigenvalue weighted by molar-refractivity contribution is 7.47. The maximum Gasteiger partial charge on any atom is 0.472 e. The molecule has 0 saturated heterocycles. The molecule has 0 spiro atoms. The molecule has 15 heteroatoms. The fraction of sp³-hybridized carbons (Fsp3) is 0.933. The van der Waals surface area contributed by atoms with Crippen molar-refractivity contribution in [3.05, 3.63) is 10.4 Å². The van der Waals surface area contributed by atoms with E-state index in [0.717, 1.165) is 38.5 Å². The third kappa shape index (κ3) is 45.2. The third-order valence-electron chi connectivity index (χ3n) is 10.2. The molecule has 0 bridgehead atoms. The maximum atomic E-state index is 12.7. The third-order valence-corrected chi connectivity index (χ3v) is 11.2. The van der Waals surface area contributed by atoms with Gasteiger partial charge in [-0.05, 0) is 18.4 Å². The Hall–Kier alpha value is -2.37.